The van der Waals surface area contributed by atoms with Crippen molar-refractivity contribution in [1.82, 2.24) is 19.6 Å². The molecule has 3 aromatic heterocycles. The number of nitrogens with zero attached hydrogens (tertiary/aromatic N) is 3. The van der Waals surface area contributed by atoms with Crippen molar-refractivity contribution in [2.75, 3.05) is 11.9 Å². The second-order valence-electron chi connectivity index (χ2n) is 10.0. The van der Waals surface area contributed by atoms with Gasteiger partial charge in [-0.1, -0.05) is 29.8 Å². The average molecular weight is 650 g/mol. The second kappa shape index (κ2) is 12.6. The molecule has 43 heavy (non-hydrogen) atoms. The Morgan fingerprint density at radius 2 is 1.93 bits per heavy atom. The van der Waals surface area contributed by atoms with Gasteiger partial charge in [0.1, 0.15) is 16.1 Å². The first-order valence-corrected chi connectivity index (χ1v) is 16.0. The highest BCUT2D eigenvalue weighted by atomic mass is 35.5. The molecule has 0 radical (unpaired) electrons. The van der Waals surface area contributed by atoms with E-state index in [2.05, 4.69) is 20.6 Å². The zero-order valence-corrected chi connectivity index (χ0v) is 25.2. The molecule has 1 aliphatic heterocycles. The van der Waals surface area contributed by atoms with Crippen LogP contribution < -0.4 is 10.6 Å². The van der Waals surface area contributed by atoms with Crippen molar-refractivity contribution in [2.24, 2.45) is 0 Å². The summed E-state index contributed by atoms with van der Waals surface area (Å²) in [5.41, 5.74) is 1.61. The molecular formula is C29H27ClF3N5O3S2. The molecule has 1 fully saturated rings. The van der Waals surface area contributed by atoms with Gasteiger partial charge in [-0.25, -0.2) is 13.4 Å². The van der Waals surface area contributed by atoms with E-state index in [4.69, 9.17) is 11.6 Å². The summed E-state index contributed by atoms with van der Waals surface area (Å²) in [7, 11) is -3.90. The zero-order valence-electron chi connectivity index (χ0n) is 22.8. The third kappa shape index (κ3) is 7.18. The third-order valence-corrected chi connectivity index (χ3v) is 10.6. The van der Waals surface area contributed by atoms with Gasteiger partial charge in [0.2, 0.25) is 5.91 Å². The van der Waals surface area contributed by atoms with E-state index in [-0.39, 0.29) is 23.3 Å². The molecule has 0 bridgehead atoms. The molecule has 0 spiro atoms. The van der Waals surface area contributed by atoms with Gasteiger partial charge in [-0.2, -0.15) is 17.5 Å². The molecule has 0 aliphatic carbocycles. The largest absolute Gasteiger partial charge is 0.416 e. The number of aromatic nitrogens is 2. The molecule has 1 aromatic carbocycles. The Balaban J connectivity index is 1.38. The van der Waals surface area contributed by atoms with Gasteiger partial charge in [0.05, 0.1) is 21.6 Å². The van der Waals surface area contributed by atoms with Crippen molar-refractivity contribution in [3.8, 4) is 11.3 Å². The van der Waals surface area contributed by atoms with E-state index in [9.17, 15) is 26.4 Å². The highest BCUT2D eigenvalue weighted by Crippen LogP contribution is 2.33. The first-order valence-electron chi connectivity index (χ1n) is 13.3. The Hall–Kier alpha value is -3.52. The van der Waals surface area contributed by atoms with Gasteiger partial charge in [-0.3, -0.25) is 9.78 Å². The number of amides is 1. The number of pyridine rings is 2. The van der Waals surface area contributed by atoms with Gasteiger partial charge in [0.15, 0.2) is 0 Å². The smallest absolute Gasteiger partial charge is 0.363 e. The summed E-state index contributed by atoms with van der Waals surface area (Å²) in [5.74, 6) is -0.00694. The van der Waals surface area contributed by atoms with Gasteiger partial charge in [-0.05, 0) is 73.4 Å². The van der Waals surface area contributed by atoms with Crippen molar-refractivity contribution in [2.45, 2.75) is 48.8 Å². The van der Waals surface area contributed by atoms with Crippen molar-refractivity contribution in [1.29, 1.82) is 0 Å². The monoisotopic (exact) mass is 649 g/mol. The zero-order chi connectivity index (χ0) is 30.8. The molecule has 4 aromatic rings. The summed E-state index contributed by atoms with van der Waals surface area (Å²) in [6.45, 7) is 2.17. The average Bonchev–Trinajstić information content (AvgIpc) is 3.66. The van der Waals surface area contributed by atoms with Crippen LogP contribution in [-0.4, -0.2) is 41.2 Å². The van der Waals surface area contributed by atoms with Crippen LogP contribution in [0.5, 0.6) is 0 Å². The number of carbonyl (C=O) groups is 1. The second-order valence-corrected chi connectivity index (χ2v) is 13.9. The minimum absolute atomic E-state index is 0.0418. The third-order valence-electron chi connectivity index (χ3n) is 7.03. The molecule has 8 nitrogen and oxygen atoms in total. The molecule has 2 N–H and O–H groups in total. The lowest BCUT2D eigenvalue weighted by atomic mass is 10.1. The van der Waals surface area contributed by atoms with Crippen LogP contribution in [0.1, 0.15) is 42.5 Å². The minimum Gasteiger partial charge on any atom is -0.363 e. The molecule has 5 rings (SSSR count). The lowest BCUT2D eigenvalue weighted by Crippen LogP contribution is -2.45. The minimum atomic E-state index is -4.47. The normalized spacial score (nSPS) is 16.6. The Bertz CT molecular complexity index is 1700. The first-order chi connectivity index (χ1) is 20.4. The van der Waals surface area contributed by atoms with Crippen LogP contribution >= 0.6 is 22.9 Å². The maximum atomic E-state index is 13.3. The lowest BCUT2D eigenvalue weighted by molar-refractivity contribution is -0.137. The maximum absolute atomic E-state index is 13.3. The van der Waals surface area contributed by atoms with Crippen molar-refractivity contribution in [3.63, 3.8) is 0 Å². The van der Waals surface area contributed by atoms with E-state index in [1.807, 2.05) is 13.0 Å². The van der Waals surface area contributed by atoms with Crippen molar-refractivity contribution in [3.05, 3.63) is 94.1 Å². The van der Waals surface area contributed by atoms with Crippen LogP contribution in [0.25, 0.3) is 11.3 Å². The first kappa shape index (κ1) is 30.9. The van der Waals surface area contributed by atoms with Gasteiger partial charge in [0, 0.05) is 31.0 Å². The fourth-order valence-electron chi connectivity index (χ4n) is 4.83. The lowest BCUT2D eigenvalue weighted by Gasteiger charge is -2.23. The molecule has 1 saturated heterocycles. The van der Waals surface area contributed by atoms with Crippen LogP contribution in [-0.2, 0) is 27.5 Å². The van der Waals surface area contributed by atoms with Crippen LogP contribution in [0.2, 0.25) is 4.34 Å². The number of sulfonamides is 1. The molecule has 1 unspecified atom stereocenters. The molecule has 2 atom stereocenters. The highest BCUT2D eigenvalue weighted by Gasteiger charge is 2.40. The van der Waals surface area contributed by atoms with E-state index < -0.39 is 33.7 Å². The Kier molecular flexibility index (Phi) is 9.07. The summed E-state index contributed by atoms with van der Waals surface area (Å²) in [4.78, 5) is 22.0. The van der Waals surface area contributed by atoms with Crippen molar-refractivity contribution < 1.29 is 26.4 Å². The summed E-state index contributed by atoms with van der Waals surface area (Å²) < 4.78 is 67.4. The number of halogens is 4. The number of benzene rings is 1. The summed E-state index contributed by atoms with van der Waals surface area (Å²) in [5, 5.41) is 6.13. The van der Waals surface area contributed by atoms with E-state index in [1.165, 1.54) is 28.6 Å². The van der Waals surface area contributed by atoms with Crippen LogP contribution in [0.3, 0.4) is 0 Å². The fraction of sp³-hybridized carbons (Fsp3) is 0.276. The Morgan fingerprint density at radius 1 is 1.16 bits per heavy atom. The molecule has 4 heterocycles. The predicted molar refractivity (Wildman–Crippen MR) is 159 cm³/mol. The number of nitrogens with one attached hydrogen (secondary N) is 2. The van der Waals surface area contributed by atoms with Crippen molar-refractivity contribution >= 4 is 44.7 Å². The van der Waals surface area contributed by atoms with E-state index in [0.717, 1.165) is 29.0 Å². The highest BCUT2D eigenvalue weighted by molar-refractivity contribution is 7.91. The number of hydrogen-bond acceptors (Lipinski definition) is 7. The van der Waals surface area contributed by atoms with Gasteiger partial charge < -0.3 is 10.6 Å². The SMILES string of the molecule is CC(Nc1cc(CNC(=O)[C@@H]2CCCN2S(=O)(=O)c2ccc(Cl)s2)cc(-c2ccc(C(F)(F)F)cc2)n1)c1cccnc1. The predicted octanol–water partition coefficient (Wildman–Crippen LogP) is 6.52. The topological polar surface area (TPSA) is 104 Å². The van der Waals surface area contributed by atoms with Crippen LogP contribution in [0, 0.1) is 0 Å². The molecule has 226 valence electrons. The van der Waals surface area contributed by atoms with E-state index in [0.29, 0.717) is 39.8 Å². The number of rotatable bonds is 9. The standard InChI is InChI=1S/C29H27ClF3N5O3S2/c1-18(21-4-2-12-34-17-21)36-26-15-19(14-23(37-26)20-6-8-22(9-7-20)29(31,32)33)16-35-28(39)24-5-3-13-38(24)43(40,41)27-11-10-25(30)42-27/h2,4,6-12,14-15,17-18,24H,3,5,13,16H2,1H3,(H,35,39)(H,36,37)/t18?,24-/m0/s1. The summed E-state index contributed by atoms with van der Waals surface area (Å²) >= 11 is 6.88. The molecular weight excluding hydrogens is 623 g/mol. The van der Waals surface area contributed by atoms with Crippen LogP contribution in [0.15, 0.2) is 77.3 Å². The number of alkyl halides is 3. The van der Waals surface area contributed by atoms with Gasteiger partial charge in [-0.15, -0.1) is 11.3 Å². The summed E-state index contributed by atoms with van der Waals surface area (Å²) in [6.07, 6.45) is -0.199. The molecule has 0 saturated carbocycles. The number of thiophene rings is 1. The molecule has 1 amide bonds. The quantitative estimate of drug-likeness (QED) is 0.214. The Morgan fingerprint density at radius 3 is 2.58 bits per heavy atom. The van der Waals surface area contributed by atoms with Gasteiger partial charge >= 0.3 is 6.18 Å². The van der Waals surface area contributed by atoms with Gasteiger partial charge in [0.25, 0.3) is 10.0 Å². The fourth-order valence-corrected chi connectivity index (χ4v) is 8.10. The Labute approximate surface area is 256 Å². The number of anilines is 1. The van der Waals surface area contributed by atoms with Crippen LogP contribution in [0.4, 0.5) is 19.0 Å². The maximum Gasteiger partial charge on any atom is 0.416 e. The summed E-state index contributed by atoms with van der Waals surface area (Å²) in [6, 6.07) is 13.6. The molecule has 1 aliphatic rings. The number of hydrogen-bond donors (Lipinski definition) is 2. The number of carbonyl (C=O) groups excluding carboxylic acids is 1. The van der Waals surface area contributed by atoms with E-state index >= 15 is 0 Å². The molecule has 14 heteroatoms. The van der Waals surface area contributed by atoms with E-state index in [1.54, 1.807) is 30.6 Å².